The van der Waals surface area contributed by atoms with Crippen molar-refractivity contribution in [2.24, 2.45) is 5.92 Å². The molecular weight excluding hydrogens is 328 g/mol. The second-order valence-electron chi connectivity index (χ2n) is 6.99. The highest BCUT2D eigenvalue weighted by molar-refractivity contribution is 5.78. The van der Waals surface area contributed by atoms with Crippen molar-refractivity contribution in [1.29, 1.82) is 0 Å². The van der Waals surface area contributed by atoms with Gasteiger partial charge in [-0.05, 0) is 19.8 Å². The number of hydrogen-bond acceptors (Lipinski definition) is 5. The number of hydrogen-bond donors (Lipinski definition) is 0. The third-order valence-corrected chi connectivity index (χ3v) is 5.16. The van der Waals surface area contributed by atoms with Crippen LogP contribution in [0.15, 0.2) is 28.8 Å². The van der Waals surface area contributed by atoms with E-state index in [9.17, 15) is 4.79 Å². The Labute approximate surface area is 155 Å². The quantitative estimate of drug-likeness (QED) is 0.796. The van der Waals surface area contributed by atoms with Gasteiger partial charge in [-0.3, -0.25) is 9.69 Å². The van der Waals surface area contributed by atoms with Crippen LogP contribution in [0.5, 0.6) is 0 Å². The molecule has 26 heavy (non-hydrogen) atoms. The minimum atomic E-state index is 0.162. The number of piperazine rings is 1. The van der Waals surface area contributed by atoms with Crippen LogP contribution in [0.3, 0.4) is 0 Å². The average molecular weight is 356 g/mol. The van der Waals surface area contributed by atoms with E-state index in [2.05, 4.69) is 35.8 Å². The van der Waals surface area contributed by atoms with Gasteiger partial charge in [0.2, 0.25) is 17.6 Å². The summed E-state index contributed by atoms with van der Waals surface area (Å²) in [6, 6.07) is 8.10. The first-order chi connectivity index (χ1) is 12.6. The lowest BCUT2D eigenvalue weighted by molar-refractivity contribution is -0.137. The molecule has 0 saturated carbocycles. The minimum absolute atomic E-state index is 0.162. The largest absolute Gasteiger partial charge is 0.340 e. The monoisotopic (exact) mass is 356 g/mol. The molecule has 0 aliphatic carbocycles. The number of carbonyl (C=O) groups excluding carboxylic acids is 1. The van der Waals surface area contributed by atoms with Crippen LogP contribution >= 0.6 is 0 Å². The molecule has 1 aromatic carbocycles. The van der Waals surface area contributed by atoms with Gasteiger partial charge < -0.3 is 9.42 Å². The first-order valence-electron chi connectivity index (χ1n) is 9.51. The number of nitrogens with zero attached hydrogens (tertiary/aromatic N) is 4. The SMILES string of the molecule is CCC(CC)C(=O)N1CCN(Cc2nc(-c3ccc(C)cc3)no2)CC1. The summed E-state index contributed by atoms with van der Waals surface area (Å²) in [5.41, 5.74) is 2.17. The molecule has 0 bridgehead atoms. The molecule has 1 aromatic heterocycles. The highest BCUT2D eigenvalue weighted by Crippen LogP contribution is 2.18. The van der Waals surface area contributed by atoms with Crippen molar-refractivity contribution in [2.75, 3.05) is 26.2 Å². The summed E-state index contributed by atoms with van der Waals surface area (Å²) >= 11 is 0. The maximum Gasteiger partial charge on any atom is 0.241 e. The molecule has 0 spiro atoms. The highest BCUT2D eigenvalue weighted by atomic mass is 16.5. The Balaban J connectivity index is 1.54. The normalized spacial score (nSPS) is 15.6. The summed E-state index contributed by atoms with van der Waals surface area (Å²) in [5.74, 6) is 1.71. The molecule has 1 fully saturated rings. The van der Waals surface area contributed by atoms with E-state index >= 15 is 0 Å². The van der Waals surface area contributed by atoms with E-state index in [0.717, 1.165) is 44.6 Å². The van der Waals surface area contributed by atoms with E-state index in [-0.39, 0.29) is 5.92 Å². The molecule has 0 atom stereocenters. The number of benzene rings is 1. The third kappa shape index (κ3) is 4.30. The lowest BCUT2D eigenvalue weighted by Gasteiger charge is -2.35. The van der Waals surface area contributed by atoms with Gasteiger partial charge in [0.05, 0.1) is 6.54 Å². The standard InChI is InChI=1S/C20H28N4O2/c1-4-16(5-2)20(25)24-12-10-23(11-13-24)14-18-21-19(22-26-18)17-8-6-15(3)7-9-17/h6-9,16H,4-5,10-14H2,1-3H3. The van der Waals surface area contributed by atoms with Gasteiger partial charge in [-0.1, -0.05) is 48.8 Å². The maximum absolute atomic E-state index is 12.5. The van der Waals surface area contributed by atoms with Gasteiger partial charge in [0.15, 0.2) is 0 Å². The third-order valence-electron chi connectivity index (χ3n) is 5.16. The van der Waals surface area contributed by atoms with Crippen LogP contribution in [-0.2, 0) is 11.3 Å². The topological polar surface area (TPSA) is 62.5 Å². The fourth-order valence-corrected chi connectivity index (χ4v) is 3.35. The first kappa shape index (κ1) is 18.6. The Morgan fingerprint density at radius 2 is 1.77 bits per heavy atom. The lowest BCUT2D eigenvalue weighted by atomic mass is 10.0. The molecule has 140 valence electrons. The summed E-state index contributed by atoms with van der Waals surface area (Å²) in [4.78, 5) is 21.3. The Morgan fingerprint density at radius 3 is 2.38 bits per heavy atom. The van der Waals surface area contributed by atoms with E-state index in [0.29, 0.717) is 24.2 Å². The summed E-state index contributed by atoms with van der Waals surface area (Å²) in [5, 5.41) is 4.09. The first-order valence-corrected chi connectivity index (χ1v) is 9.51. The molecule has 1 aliphatic rings. The summed E-state index contributed by atoms with van der Waals surface area (Å²) < 4.78 is 5.42. The number of carbonyl (C=O) groups is 1. The smallest absolute Gasteiger partial charge is 0.241 e. The predicted octanol–water partition coefficient (Wildman–Crippen LogP) is 3.13. The molecule has 6 nitrogen and oxygen atoms in total. The molecule has 1 aliphatic heterocycles. The number of amides is 1. The van der Waals surface area contributed by atoms with Crippen LogP contribution in [-0.4, -0.2) is 52.0 Å². The molecule has 0 unspecified atom stereocenters. The van der Waals surface area contributed by atoms with Crippen molar-refractivity contribution >= 4 is 5.91 Å². The van der Waals surface area contributed by atoms with Gasteiger partial charge in [0.25, 0.3) is 0 Å². The maximum atomic E-state index is 12.5. The van der Waals surface area contributed by atoms with Crippen LogP contribution in [0.25, 0.3) is 11.4 Å². The summed E-state index contributed by atoms with van der Waals surface area (Å²) in [6.45, 7) is 10.1. The molecule has 2 heterocycles. The van der Waals surface area contributed by atoms with Crippen LogP contribution in [0.2, 0.25) is 0 Å². The number of aromatic nitrogens is 2. The van der Waals surface area contributed by atoms with Gasteiger partial charge in [-0.15, -0.1) is 0 Å². The fourth-order valence-electron chi connectivity index (χ4n) is 3.35. The van der Waals surface area contributed by atoms with Crippen molar-refractivity contribution in [3.8, 4) is 11.4 Å². The average Bonchev–Trinajstić information content (AvgIpc) is 3.12. The predicted molar refractivity (Wildman–Crippen MR) is 100 cm³/mol. The fraction of sp³-hybridized carbons (Fsp3) is 0.550. The lowest BCUT2D eigenvalue weighted by Crippen LogP contribution is -2.49. The van der Waals surface area contributed by atoms with E-state index in [1.165, 1.54) is 5.56 Å². The minimum Gasteiger partial charge on any atom is -0.340 e. The summed E-state index contributed by atoms with van der Waals surface area (Å²) in [7, 11) is 0. The van der Waals surface area contributed by atoms with Gasteiger partial charge in [-0.25, -0.2) is 0 Å². The molecule has 0 radical (unpaired) electrons. The molecule has 2 aromatic rings. The molecule has 6 heteroatoms. The van der Waals surface area contributed by atoms with E-state index in [4.69, 9.17) is 4.52 Å². The molecular formula is C20H28N4O2. The zero-order valence-electron chi connectivity index (χ0n) is 15.9. The Morgan fingerprint density at radius 1 is 1.12 bits per heavy atom. The zero-order valence-corrected chi connectivity index (χ0v) is 15.9. The number of rotatable bonds is 6. The van der Waals surface area contributed by atoms with Gasteiger partial charge in [0, 0.05) is 37.7 Å². The van der Waals surface area contributed by atoms with Gasteiger partial charge in [-0.2, -0.15) is 4.98 Å². The van der Waals surface area contributed by atoms with Crippen LogP contribution < -0.4 is 0 Å². The second kappa shape index (κ2) is 8.45. The van der Waals surface area contributed by atoms with Gasteiger partial charge >= 0.3 is 0 Å². The Bertz CT molecular complexity index is 714. The van der Waals surface area contributed by atoms with Crippen molar-refractivity contribution in [1.82, 2.24) is 19.9 Å². The van der Waals surface area contributed by atoms with Crippen molar-refractivity contribution < 1.29 is 9.32 Å². The van der Waals surface area contributed by atoms with E-state index in [1.807, 2.05) is 29.2 Å². The van der Waals surface area contributed by atoms with Crippen LogP contribution in [0, 0.1) is 12.8 Å². The Kier molecular flexibility index (Phi) is 6.04. The van der Waals surface area contributed by atoms with Crippen LogP contribution in [0.4, 0.5) is 0 Å². The molecule has 1 saturated heterocycles. The van der Waals surface area contributed by atoms with Crippen molar-refractivity contribution in [2.45, 2.75) is 40.2 Å². The number of aryl methyl sites for hydroxylation is 1. The Hall–Kier alpha value is -2.21. The van der Waals surface area contributed by atoms with E-state index in [1.54, 1.807) is 0 Å². The summed E-state index contributed by atoms with van der Waals surface area (Å²) in [6.07, 6.45) is 1.83. The second-order valence-corrected chi connectivity index (χ2v) is 6.99. The van der Waals surface area contributed by atoms with Crippen molar-refractivity contribution in [3.05, 3.63) is 35.7 Å². The van der Waals surface area contributed by atoms with E-state index < -0.39 is 0 Å². The van der Waals surface area contributed by atoms with Crippen LogP contribution in [0.1, 0.15) is 38.1 Å². The zero-order chi connectivity index (χ0) is 18.5. The van der Waals surface area contributed by atoms with Gasteiger partial charge in [0.1, 0.15) is 0 Å². The molecule has 3 rings (SSSR count). The van der Waals surface area contributed by atoms with Crippen molar-refractivity contribution in [3.63, 3.8) is 0 Å². The highest BCUT2D eigenvalue weighted by Gasteiger charge is 2.26. The molecule has 1 amide bonds. The molecule has 0 N–H and O–H groups in total.